The molecule has 6 heteroatoms. The fourth-order valence-electron chi connectivity index (χ4n) is 2.98. The van der Waals surface area contributed by atoms with Gasteiger partial charge in [-0.3, -0.25) is 4.90 Å². The number of amides is 1. The van der Waals surface area contributed by atoms with Crippen molar-refractivity contribution in [3.63, 3.8) is 0 Å². The quantitative estimate of drug-likeness (QED) is 0.185. The summed E-state index contributed by atoms with van der Waals surface area (Å²) in [4.78, 5) is 25.8. The van der Waals surface area contributed by atoms with Crippen LogP contribution in [0.25, 0.3) is 0 Å². The van der Waals surface area contributed by atoms with E-state index in [1.807, 2.05) is 13.8 Å². The average Bonchev–Trinajstić information content (AvgIpc) is 2.63. The summed E-state index contributed by atoms with van der Waals surface area (Å²) in [5, 5.41) is 0. The molecule has 1 unspecified atom stereocenters. The molecule has 0 bridgehead atoms. The number of hydrogen-bond acceptors (Lipinski definition) is 4. The van der Waals surface area contributed by atoms with Crippen molar-refractivity contribution in [1.82, 2.24) is 4.90 Å². The van der Waals surface area contributed by atoms with Crippen LogP contribution in [0.4, 0.5) is 4.79 Å². The van der Waals surface area contributed by atoms with Crippen LogP contribution in [0.15, 0.2) is 0 Å². The van der Waals surface area contributed by atoms with Gasteiger partial charge in [0.05, 0.1) is 13.2 Å². The van der Waals surface area contributed by atoms with Crippen molar-refractivity contribution in [2.45, 2.75) is 91.0 Å². The normalized spacial score (nSPS) is 12.1. The minimum atomic E-state index is -0.632. The number of likely N-dealkylation sites (N-methyl/N-ethyl adjacent to an activating group) is 1. The van der Waals surface area contributed by atoms with Crippen molar-refractivity contribution in [2.75, 3.05) is 26.1 Å². The molecule has 0 N–H and O–H groups in total. The van der Waals surface area contributed by atoms with Crippen LogP contribution < -0.4 is 0 Å². The minimum absolute atomic E-state index is 0.0498. The van der Waals surface area contributed by atoms with Gasteiger partial charge in [0.25, 0.3) is 0 Å². The van der Waals surface area contributed by atoms with Gasteiger partial charge >= 0.3 is 12.1 Å². The zero-order chi connectivity index (χ0) is 20.5. The first-order chi connectivity index (χ1) is 13.0. The molecule has 0 aromatic rings. The Balaban J connectivity index is 4.03. The van der Waals surface area contributed by atoms with Gasteiger partial charge in [-0.05, 0) is 18.8 Å². The van der Waals surface area contributed by atoms with Crippen LogP contribution in [0.1, 0.15) is 85.0 Å². The number of ether oxygens (including phenoxy) is 2. The van der Waals surface area contributed by atoms with Gasteiger partial charge in [-0.15, -0.1) is 11.6 Å². The highest BCUT2D eigenvalue weighted by molar-refractivity contribution is 6.17. The number of alkyl halides is 1. The molecule has 160 valence electrons. The summed E-state index contributed by atoms with van der Waals surface area (Å²) in [6.07, 6.45) is 11.0. The first-order valence-electron chi connectivity index (χ1n) is 10.6. The summed E-state index contributed by atoms with van der Waals surface area (Å²) in [6, 6.07) is -0.632. The number of hydrogen-bond donors (Lipinski definition) is 0. The van der Waals surface area contributed by atoms with Gasteiger partial charge in [0.15, 0.2) is 0 Å². The second-order valence-corrected chi connectivity index (χ2v) is 7.83. The largest absolute Gasteiger partial charge is 0.464 e. The molecule has 0 aromatic heterocycles. The maximum atomic E-state index is 12.4. The molecule has 5 nitrogen and oxygen atoms in total. The SMILES string of the molecule is CCCCCCCCCCCOC(=O)C(C(C)C)N(C)C(=O)OCCCCl. The van der Waals surface area contributed by atoms with Crippen LogP contribution in [0.5, 0.6) is 0 Å². The van der Waals surface area contributed by atoms with Crippen LogP contribution in [0.2, 0.25) is 0 Å². The lowest BCUT2D eigenvalue weighted by Gasteiger charge is -2.28. The van der Waals surface area contributed by atoms with Gasteiger partial charge in [-0.2, -0.15) is 0 Å². The molecule has 0 radical (unpaired) electrons. The smallest absolute Gasteiger partial charge is 0.410 e. The molecule has 1 amide bonds. The maximum absolute atomic E-state index is 12.4. The molecule has 0 saturated heterocycles. The van der Waals surface area contributed by atoms with E-state index in [1.165, 1.54) is 49.8 Å². The summed E-state index contributed by atoms with van der Waals surface area (Å²) >= 11 is 5.58. The Bertz CT molecular complexity index is 390. The van der Waals surface area contributed by atoms with Crippen molar-refractivity contribution in [1.29, 1.82) is 0 Å². The first kappa shape index (κ1) is 26.0. The maximum Gasteiger partial charge on any atom is 0.410 e. The molecule has 0 heterocycles. The Hall–Kier alpha value is -0.970. The first-order valence-corrected chi connectivity index (χ1v) is 11.1. The molecule has 0 aromatic carbocycles. The Morgan fingerprint density at radius 3 is 1.89 bits per heavy atom. The standard InChI is InChI=1S/C21H40ClNO4/c1-5-6-7-8-9-10-11-12-13-16-26-20(24)19(18(2)3)23(4)21(25)27-17-14-15-22/h18-19H,5-17H2,1-4H3. The minimum Gasteiger partial charge on any atom is -0.464 e. The molecule has 0 rings (SSSR count). The molecule has 0 aliphatic rings. The van der Waals surface area contributed by atoms with Gasteiger partial charge in [0.1, 0.15) is 6.04 Å². The Morgan fingerprint density at radius 2 is 1.37 bits per heavy atom. The van der Waals surface area contributed by atoms with Crippen molar-refractivity contribution < 1.29 is 19.1 Å². The Morgan fingerprint density at radius 1 is 0.852 bits per heavy atom. The molecular formula is C21H40ClNO4. The van der Waals surface area contributed by atoms with Crippen LogP contribution in [0.3, 0.4) is 0 Å². The summed E-state index contributed by atoms with van der Waals surface area (Å²) in [5.41, 5.74) is 0. The molecule has 0 aliphatic heterocycles. The number of rotatable bonds is 16. The van der Waals surface area contributed by atoms with E-state index in [4.69, 9.17) is 21.1 Å². The van der Waals surface area contributed by atoms with Gasteiger partial charge in [-0.1, -0.05) is 72.1 Å². The Kier molecular flexibility index (Phi) is 16.5. The lowest BCUT2D eigenvalue weighted by molar-refractivity contribution is -0.150. The Labute approximate surface area is 171 Å². The van der Waals surface area contributed by atoms with Crippen LogP contribution in [-0.4, -0.2) is 49.1 Å². The van der Waals surface area contributed by atoms with E-state index in [-0.39, 0.29) is 18.5 Å². The molecule has 0 fully saturated rings. The summed E-state index contributed by atoms with van der Waals surface area (Å²) in [7, 11) is 1.58. The van der Waals surface area contributed by atoms with Gasteiger partial charge in [0.2, 0.25) is 0 Å². The molecule has 0 saturated carbocycles. The lowest BCUT2D eigenvalue weighted by Crippen LogP contribution is -2.47. The van der Waals surface area contributed by atoms with Gasteiger partial charge in [-0.25, -0.2) is 9.59 Å². The van der Waals surface area contributed by atoms with Gasteiger partial charge < -0.3 is 9.47 Å². The third-order valence-electron chi connectivity index (χ3n) is 4.57. The topological polar surface area (TPSA) is 55.8 Å². The van der Waals surface area contributed by atoms with Crippen molar-refractivity contribution in [2.24, 2.45) is 5.92 Å². The van der Waals surface area contributed by atoms with Crippen molar-refractivity contribution in [3.05, 3.63) is 0 Å². The number of halogens is 1. The predicted molar refractivity (Wildman–Crippen MR) is 111 cm³/mol. The number of esters is 1. The molecule has 27 heavy (non-hydrogen) atoms. The fourth-order valence-corrected chi connectivity index (χ4v) is 3.09. The lowest BCUT2D eigenvalue weighted by atomic mass is 10.0. The second-order valence-electron chi connectivity index (χ2n) is 7.45. The van der Waals surface area contributed by atoms with E-state index in [0.29, 0.717) is 18.9 Å². The number of unbranched alkanes of at least 4 members (excludes halogenated alkanes) is 8. The van der Waals surface area contributed by atoms with Gasteiger partial charge in [0, 0.05) is 12.9 Å². The number of carbonyl (C=O) groups excluding carboxylic acids is 2. The fraction of sp³-hybridized carbons (Fsp3) is 0.905. The average molecular weight is 406 g/mol. The summed E-state index contributed by atoms with van der Waals surface area (Å²) in [5.74, 6) is 0.0262. The zero-order valence-corrected chi connectivity index (χ0v) is 18.6. The van der Waals surface area contributed by atoms with Crippen LogP contribution in [-0.2, 0) is 14.3 Å². The molecular weight excluding hydrogens is 366 g/mol. The molecule has 1 atom stereocenters. The van der Waals surface area contributed by atoms with Crippen molar-refractivity contribution >= 4 is 23.7 Å². The summed E-state index contributed by atoms with van der Waals surface area (Å²) < 4.78 is 10.5. The zero-order valence-electron chi connectivity index (χ0n) is 17.8. The third-order valence-corrected chi connectivity index (χ3v) is 4.84. The van der Waals surface area contributed by atoms with E-state index in [9.17, 15) is 9.59 Å². The third kappa shape index (κ3) is 12.9. The van der Waals surface area contributed by atoms with Crippen molar-refractivity contribution in [3.8, 4) is 0 Å². The number of carbonyl (C=O) groups is 2. The highest BCUT2D eigenvalue weighted by atomic mass is 35.5. The molecule has 0 spiro atoms. The predicted octanol–water partition coefficient (Wildman–Crippen LogP) is 5.78. The van der Waals surface area contributed by atoms with E-state index < -0.39 is 12.1 Å². The van der Waals surface area contributed by atoms with Crippen LogP contribution >= 0.6 is 11.6 Å². The van der Waals surface area contributed by atoms with E-state index >= 15 is 0 Å². The molecule has 0 aliphatic carbocycles. The summed E-state index contributed by atoms with van der Waals surface area (Å²) in [6.45, 7) is 6.69. The van der Waals surface area contributed by atoms with E-state index in [1.54, 1.807) is 7.05 Å². The highest BCUT2D eigenvalue weighted by Crippen LogP contribution is 2.14. The number of nitrogens with zero attached hydrogens (tertiary/aromatic N) is 1. The monoisotopic (exact) mass is 405 g/mol. The highest BCUT2D eigenvalue weighted by Gasteiger charge is 2.32. The van der Waals surface area contributed by atoms with E-state index in [0.717, 1.165) is 12.8 Å². The van der Waals surface area contributed by atoms with Crippen LogP contribution in [0, 0.1) is 5.92 Å². The second kappa shape index (κ2) is 17.2. The van der Waals surface area contributed by atoms with E-state index in [2.05, 4.69) is 6.92 Å².